The topological polar surface area (TPSA) is 58.9 Å². The van der Waals surface area contributed by atoms with E-state index in [0.717, 1.165) is 29.0 Å². The van der Waals surface area contributed by atoms with Crippen LogP contribution in [0.4, 0.5) is 0 Å². The maximum absolute atomic E-state index is 10.6. The Bertz CT molecular complexity index is 1050. The number of hydrogen-bond donors (Lipinski definition) is 2. The second-order valence-corrected chi connectivity index (χ2v) is 9.80. The van der Waals surface area contributed by atoms with Gasteiger partial charge in [0.2, 0.25) is 0 Å². The van der Waals surface area contributed by atoms with Crippen LogP contribution >= 0.6 is 0 Å². The van der Waals surface area contributed by atoms with E-state index in [2.05, 4.69) is 39.8 Å². The van der Waals surface area contributed by atoms with E-state index in [9.17, 15) is 10.2 Å². The van der Waals surface area contributed by atoms with Crippen molar-refractivity contribution in [3.63, 3.8) is 0 Å². The number of phenols is 2. The van der Waals surface area contributed by atoms with Gasteiger partial charge in [0.25, 0.3) is 0 Å². The van der Waals surface area contributed by atoms with Gasteiger partial charge in [-0.05, 0) is 66.4 Å². The van der Waals surface area contributed by atoms with Crippen LogP contribution in [0.1, 0.15) is 61.8 Å². The fourth-order valence-electron chi connectivity index (χ4n) is 5.98. The molecule has 29 heavy (non-hydrogen) atoms. The average molecular weight is 392 g/mol. The lowest BCUT2D eigenvalue weighted by molar-refractivity contribution is 0.0111. The van der Waals surface area contributed by atoms with Crippen molar-refractivity contribution in [2.45, 2.75) is 51.6 Å². The Morgan fingerprint density at radius 2 is 1.86 bits per heavy atom. The zero-order valence-corrected chi connectivity index (χ0v) is 17.6. The molecule has 1 fully saturated rings. The SMILES string of the molecule is COc1cc2c(c3c1C[C@@H]1[C@H]3[C@@H](c3ccc(O)cc3O)C1(C)C)C=CC(C)(C)O2. The summed E-state index contributed by atoms with van der Waals surface area (Å²) in [6, 6.07) is 7.01. The molecular formula is C25H28O4. The molecule has 0 unspecified atom stereocenters. The van der Waals surface area contributed by atoms with Crippen LogP contribution in [0, 0.1) is 11.3 Å². The standard InChI is InChI=1S/C25H28O4/c1-24(2)9-8-15-20(29-24)12-19(28-5)16-11-17-22(21(15)16)23(25(17,3)4)14-7-6-13(26)10-18(14)27/h6-10,12,17,22-23,26-27H,11H2,1-5H3/t17-,22-,23-/m1/s1. The third kappa shape index (κ3) is 2.44. The number of hydrogen-bond acceptors (Lipinski definition) is 4. The van der Waals surface area contributed by atoms with Crippen molar-refractivity contribution in [3.05, 3.63) is 52.6 Å². The Labute approximate surface area is 171 Å². The van der Waals surface area contributed by atoms with Crippen LogP contribution < -0.4 is 9.47 Å². The van der Waals surface area contributed by atoms with Crippen molar-refractivity contribution in [2.75, 3.05) is 7.11 Å². The number of aromatic hydroxyl groups is 2. The first-order valence-corrected chi connectivity index (χ1v) is 10.3. The van der Waals surface area contributed by atoms with Crippen LogP contribution in [0.5, 0.6) is 23.0 Å². The van der Waals surface area contributed by atoms with Gasteiger partial charge in [-0.25, -0.2) is 0 Å². The van der Waals surface area contributed by atoms with Gasteiger partial charge in [-0.15, -0.1) is 0 Å². The molecule has 1 aliphatic heterocycles. The third-order valence-corrected chi connectivity index (χ3v) is 7.34. The fraction of sp³-hybridized carbons (Fsp3) is 0.440. The van der Waals surface area contributed by atoms with E-state index in [1.807, 2.05) is 12.1 Å². The van der Waals surface area contributed by atoms with E-state index < -0.39 is 0 Å². The minimum absolute atomic E-state index is 0.0224. The summed E-state index contributed by atoms with van der Waals surface area (Å²) in [5.41, 5.74) is 4.29. The summed E-state index contributed by atoms with van der Waals surface area (Å²) in [7, 11) is 1.72. The first kappa shape index (κ1) is 18.4. The first-order valence-electron chi connectivity index (χ1n) is 10.3. The molecule has 1 heterocycles. The van der Waals surface area contributed by atoms with Crippen LogP contribution in [-0.4, -0.2) is 22.9 Å². The summed E-state index contributed by atoms with van der Waals surface area (Å²) >= 11 is 0. The van der Waals surface area contributed by atoms with Crippen LogP contribution in [0.2, 0.25) is 0 Å². The van der Waals surface area contributed by atoms with Gasteiger partial charge in [0, 0.05) is 23.6 Å². The molecule has 0 amide bonds. The molecule has 3 atom stereocenters. The molecule has 0 saturated heterocycles. The molecule has 0 spiro atoms. The lowest BCUT2D eigenvalue weighted by Crippen LogP contribution is -2.48. The highest BCUT2D eigenvalue weighted by Gasteiger charge is 2.61. The van der Waals surface area contributed by atoms with Crippen molar-refractivity contribution < 1.29 is 19.7 Å². The monoisotopic (exact) mass is 392 g/mol. The second kappa shape index (κ2) is 5.71. The summed E-state index contributed by atoms with van der Waals surface area (Å²) in [5.74, 6) is 2.93. The highest BCUT2D eigenvalue weighted by molar-refractivity contribution is 5.72. The van der Waals surface area contributed by atoms with Crippen LogP contribution in [-0.2, 0) is 6.42 Å². The van der Waals surface area contributed by atoms with Crippen molar-refractivity contribution in [1.29, 1.82) is 0 Å². The van der Waals surface area contributed by atoms with Crippen molar-refractivity contribution in [1.82, 2.24) is 0 Å². The molecule has 152 valence electrons. The van der Waals surface area contributed by atoms with E-state index in [4.69, 9.17) is 9.47 Å². The lowest BCUT2D eigenvalue weighted by atomic mass is 9.46. The summed E-state index contributed by atoms with van der Waals surface area (Å²) < 4.78 is 12.1. The molecule has 0 aromatic heterocycles. The maximum Gasteiger partial charge on any atom is 0.131 e. The molecule has 3 aliphatic rings. The molecule has 4 heteroatoms. The number of ether oxygens (including phenoxy) is 2. The third-order valence-electron chi connectivity index (χ3n) is 7.34. The fourth-order valence-corrected chi connectivity index (χ4v) is 5.98. The molecule has 2 aliphatic carbocycles. The van der Waals surface area contributed by atoms with Crippen LogP contribution in [0.25, 0.3) is 6.08 Å². The predicted octanol–water partition coefficient (Wildman–Crippen LogP) is 5.37. The number of fused-ring (bicyclic) bond motifs is 5. The van der Waals surface area contributed by atoms with Gasteiger partial charge in [0.15, 0.2) is 0 Å². The average Bonchev–Trinajstić information content (AvgIpc) is 3.00. The van der Waals surface area contributed by atoms with Gasteiger partial charge in [0.1, 0.15) is 28.6 Å². The van der Waals surface area contributed by atoms with E-state index in [1.54, 1.807) is 13.2 Å². The van der Waals surface area contributed by atoms with Crippen molar-refractivity contribution in [3.8, 4) is 23.0 Å². The quantitative estimate of drug-likeness (QED) is 0.721. The van der Waals surface area contributed by atoms with Gasteiger partial charge in [0.05, 0.1) is 7.11 Å². The minimum atomic E-state index is -0.349. The highest BCUT2D eigenvalue weighted by atomic mass is 16.5. The molecular weight excluding hydrogens is 364 g/mol. The Hall–Kier alpha value is -2.62. The Balaban J connectivity index is 1.70. The molecule has 0 bridgehead atoms. The second-order valence-electron chi connectivity index (χ2n) is 9.80. The van der Waals surface area contributed by atoms with Crippen molar-refractivity contribution >= 4 is 6.08 Å². The predicted molar refractivity (Wildman–Crippen MR) is 113 cm³/mol. The van der Waals surface area contributed by atoms with Crippen LogP contribution in [0.15, 0.2) is 30.3 Å². The normalized spacial score (nSPS) is 27.3. The molecule has 2 aromatic rings. The molecule has 5 rings (SSSR count). The largest absolute Gasteiger partial charge is 0.508 e. The Morgan fingerprint density at radius 1 is 1.10 bits per heavy atom. The summed E-state index contributed by atoms with van der Waals surface area (Å²) in [6.07, 6.45) is 5.28. The molecule has 2 aromatic carbocycles. The van der Waals surface area contributed by atoms with E-state index in [0.29, 0.717) is 5.92 Å². The lowest BCUT2D eigenvalue weighted by Gasteiger charge is -2.57. The molecule has 0 radical (unpaired) electrons. The van der Waals surface area contributed by atoms with Gasteiger partial charge in [-0.2, -0.15) is 0 Å². The Morgan fingerprint density at radius 3 is 2.55 bits per heavy atom. The first-order chi connectivity index (χ1) is 13.6. The zero-order chi connectivity index (χ0) is 20.7. The van der Waals surface area contributed by atoms with Gasteiger partial charge in [-0.3, -0.25) is 0 Å². The van der Waals surface area contributed by atoms with E-state index in [1.165, 1.54) is 17.2 Å². The summed E-state index contributed by atoms with van der Waals surface area (Å²) in [4.78, 5) is 0. The smallest absolute Gasteiger partial charge is 0.131 e. The number of benzene rings is 2. The van der Waals surface area contributed by atoms with Gasteiger partial charge < -0.3 is 19.7 Å². The molecule has 2 N–H and O–H groups in total. The number of rotatable bonds is 2. The van der Waals surface area contributed by atoms with Crippen LogP contribution in [0.3, 0.4) is 0 Å². The summed E-state index contributed by atoms with van der Waals surface area (Å²) in [6.45, 7) is 8.67. The van der Waals surface area contributed by atoms with Crippen molar-refractivity contribution in [2.24, 2.45) is 11.3 Å². The molecule has 1 saturated carbocycles. The maximum atomic E-state index is 10.6. The molecule has 4 nitrogen and oxygen atoms in total. The van der Waals surface area contributed by atoms with Gasteiger partial charge >= 0.3 is 0 Å². The zero-order valence-electron chi connectivity index (χ0n) is 17.6. The minimum Gasteiger partial charge on any atom is -0.508 e. The highest BCUT2D eigenvalue weighted by Crippen LogP contribution is 2.72. The Kier molecular flexibility index (Phi) is 3.63. The summed E-state index contributed by atoms with van der Waals surface area (Å²) in [5, 5.41) is 20.4. The van der Waals surface area contributed by atoms with Gasteiger partial charge in [-0.1, -0.05) is 26.0 Å². The van der Waals surface area contributed by atoms with E-state index >= 15 is 0 Å². The number of phenolic OH excluding ortho intramolecular Hbond substituents is 2. The van der Waals surface area contributed by atoms with E-state index in [-0.39, 0.29) is 34.4 Å². The number of methoxy groups -OCH3 is 1.